The lowest BCUT2D eigenvalue weighted by atomic mass is 10.2. The van der Waals surface area contributed by atoms with Crippen LogP contribution in [0.5, 0.6) is 0 Å². The Morgan fingerprint density at radius 1 is 1.04 bits per heavy atom. The van der Waals surface area contributed by atoms with E-state index >= 15 is 0 Å². The molecule has 0 radical (unpaired) electrons. The summed E-state index contributed by atoms with van der Waals surface area (Å²) >= 11 is 1.61. The molecule has 0 atom stereocenters. The van der Waals surface area contributed by atoms with Crippen molar-refractivity contribution in [2.45, 2.75) is 30.0 Å². The van der Waals surface area contributed by atoms with Gasteiger partial charge in [0.25, 0.3) is 0 Å². The van der Waals surface area contributed by atoms with Gasteiger partial charge in [-0.25, -0.2) is 4.39 Å². The van der Waals surface area contributed by atoms with Crippen molar-refractivity contribution in [2.75, 3.05) is 13.1 Å². The third-order valence-corrected chi connectivity index (χ3v) is 5.95. The maximum atomic E-state index is 13.9. The lowest BCUT2D eigenvalue weighted by Crippen LogP contribution is -2.30. The molecule has 0 saturated carbocycles. The highest BCUT2D eigenvalue weighted by Crippen LogP contribution is 2.32. The SMILES string of the molecule is O=C(Cn1cc(SCc2ccccc2F)c2ccccc21)N1CCCC1. The molecule has 1 aliphatic rings. The van der Waals surface area contributed by atoms with Gasteiger partial charge >= 0.3 is 0 Å². The van der Waals surface area contributed by atoms with Gasteiger partial charge in [0.05, 0.1) is 0 Å². The average molecular weight is 368 g/mol. The first kappa shape index (κ1) is 17.2. The number of thioether (sulfide) groups is 1. The van der Waals surface area contributed by atoms with Crippen molar-refractivity contribution in [3.8, 4) is 0 Å². The van der Waals surface area contributed by atoms with Gasteiger partial charge < -0.3 is 9.47 Å². The summed E-state index contributed by atoms with van der Waals surface area (Å²) in [5, 5.41) is 1.11. The van der Waals surface area contributed by atoms with E-state index in [9.17, 15) is 9.18 Å². The molecule has 0 N–H and O–H groups in total. The molecule has 1 fully saturated rings. The van der Waals surface area contributed by atoms with Crippen LogP contribution in [0.4, 0.5) is 4.39 Å². The van der Waals surface area contributed by atoms with E-state index < -0.39 is 0 Å². The second kappa shape index (κ2) is 7.54. The molecule has 5 heteroatoms. The Labute approximate surface area is 156 Å². The van der Waals surface area contributed by atoms with Crippen molar-refractivity contribution in [2.24, 2.45) is 0 Å². The summed E-state index contributed by atoms with van der Waals surface area (Å²) < 4.78 is 15.9. The van der Waals surface area contributed by atoms with Crippen LogP contribution in [0.1, 0.15) is 18.4 Å². The summed E-state index contributed by atoms with van der Waals surface area (Å²) in [5.41, 5.74) is 1.75. The highest BCUT2D eigenvalue weighted by molar-refractivity contribution is 7.98. The molecular weight excluding hydrogens is 347 g/mol. The number of para-hydroxylation sites is 1. The number of rotatable bonds is 5. The van der Waals surface area contributed by atoms with E-state index in [1.165, 1.54) is 6.07 Å². The van der Waals surface area contributed by atoms with Crippen LogP contribution in [0, 0.1) is 5.82 Å². The molecule has 1 saturated heterocycles. The minimum Gasteiger partial charge on any atom is -0.341 e. The number of hydrogen-bond donors (Lipinski definition) is 0. The van der Waals surface area contributed by atoms with Crippen molar-refractivity contribution in [3.05, 3.63) is 66.1 Å². The molecule has 3 aromatic rings. The first-order valence-corrected chi connectivity index (χ1v) is 9.93. The number of nitrogens with zero attached hydrogens (tertiary/aromatic N) is 2. The van der Waals surface area contributed by atoms with Gasteiger partial charge in [-0.2, -0.15) is 0 Å². The first-order chi connectivity index (χ1) is 12.7. The lowest BCUT2D eigenvalue weighted by molar-refractivity contribution is -0.130. The van der Waals surface area contributed by atoms with Crippen LogP contribution >= 0.6 is 11.8 Å². The highest BCUT2D eigenvalue weighted by Gasteiger charge is 2.19. The molecule has 2 heterocycles. The van der Waals surface area contributed by atoms with Gasteiger partial charge in [-0.15, -0.1) is 11.8 Å². The molecule has 1 aromatic heterocycles. The smallest absolute Gasteiger partial charge is 0.242 e. The zero-order chi connectivity index (χ0) is 17.9. The van der Waals surface area contributed by atoms with Crippen LogP contribution in [-0.2, 0) is 17.1 Å². The molecule has 3 nitrogen and oxygen atoms in total. The van der Waals surface area contributed by atoms with Crippen molar-refractivity contribution in [1.29, 1.82) is 0 Å². The van der Waals surface area contributed by atoms with E-state index in [0.29, 0.717) is 17.9 Å². The van der Waals surface area contributed by atoms with Crippen molar-refractivity contribution < 1.29 is 9.18 Å². The molecule has 26 heavy (non-hydrogen) atoms. The number of aromatic nitrogens is 1. The number of carbonyl (C=O) groups is 1. The van der Waals surface area contributed by atoms with Crippen LogP contribution in [-0.4, -0.2) is 28.5 Å². The van der Waals surface area contributed by atoms with Gasteiger partial charge in [0.2, 0.25) is 5.91 Å². The predicted octanol–water partition coefficient (Wildman–Crippen LogP) is 4.70. The minimum absolute atomic E-state index is 0.173. The second-order valence-electron chi connectivity index (χ2n) is 6.61. The van der Waals surface area contributed by atoms with Gasteiger partial charge in [-0.05, 0) is 30.5 Å². The number of benzene rings is 2. The quantitative estimate of drug-likeness (QED) is 0.610. The Balaban J connectivity index is 1.57. The summed E-state index contributed by atoms with van der Waals surface area (Å²) in [6.07, 6.45) is 4.23. The number of likely N-dealkylation sites (tertiary alicyclic amines) is 1. The van der Waals surface area contributed by atoms with Crippen LogP contribution in [0.2, 0.25) is 0 Å². The van der Waals surface area contributed by atoms with Crippen LogP contribution < -0.4 is 0 Å². The number of fused-ring (bicyclic) bond motifs is 1. The summed E-state index contributed by atoms with van der Waals surface area (Å²) in [6.45, 7) is 2.10. The fourth-order valence-electron chi connectivity index (χ4n) is 3.44. The molecular formula is C21H21FN2OS. The van der Waals surface area contributed by atoms with Gasteiger partial charge in [0.15, 0.2) is 0 Å². The summed E-state index contributed by atoms with van der Waals surface area (Å²) in [6, 6.07) is 15.0. The molecule has 0 aliphatic carbocycles. The summed E-state index contributed by atoms with van der Waals surface area (Å²) in [4.78, 5) is 15.6. The van der Waals surface area contributed by atoms with Crippen molar-refractivity contribution in [3.63, 3.8) is 0 Å². The van der Waals surface area contributed by atoms with Gasteiger partial charge in [0.1, 0.15) is 12.4 Å². The Hall–Kier alpha value is -2.27. The van der Waals surface area contributed by atoms with Crippen LogP contribution in [0.15, 0.2) is 59.6 Å². The highest BCUT2D eigenvalue weighted by atomic mass is 32.2. The topological polar surface area (TPSA) is 25.2 Å². The van der Waals surface area contributed by atoms with E-state index in [0.717, 1.165) is 41.7 Å². The fraction of sp³-hybridized carbons (Fsp3) is 0.286. The number of hydrogen-bond acceptors (Lipinski definition) is 2. The Morgan fingerprint density at radius 3 is 2.58 bits per heavy atom. The normalized spacial score (nSPS) is 14.3. The fourth-order valence-corrected chi connectivity index (χ4v) is 4.52. The maximum absolute atomic E-state index is 13.9. The Bertz CT molecular complexity index is 931. The lowest BCUT2D eigenvalue weighted by Gasteiger charge is -2.15. The minimum atomic E-state index is -0.173. The summed E-state index contributed by atoms with van der Waals surface area (Å²) in [7, 11) is 0. The molecule has 134 valence electrons. The average Bonchev–Trinajstić information content (AvgIpc) is 3.30. The van der Waals surface area contributed by atoms with Crippen molar-refractivity contribution >= 4 is 28.6 Å². The maximum Gasteiger partial charge on any atom is 0.242 e. The number of amides is 1. The van der Waals surface area contributed by atoms with E-state index in [1.54, 1.807) is 17.8 Å². The van der Waals surface area contributed by atoms with E-state index in [2.05, 4.69) is 6.07 Å². The molecule has 4 rings (SSSR count). The molecule has 1 amide bonds. The monoisotopic (exact) mass is 368 g/mol. The summed E-state index contributed by atoms with van der Waals surface area (Å²) in [5.74, 6) is 0.572. The number of carbonyl (C=O) groups excluding carboxylic acids is 1. The zero-order valence-electron chi connectivity index (χ0n) is 14.5. The third-order valence-electron chi connectivity index (χ3n) is 4.86. The van der Waals surface area contributed by atoms with Crippen LogP contribution in [0.3, 0.4) is 0 Å². The van der Waals surface area contributed by atoms with Gasteiger partial charge in [-0.3, -0.25) is 4.79 Å². The predicted molar refractivity (Wildman–Crippen MR) is 104 cm³/mol. The van der Waals surface area contributed by atoms with Crippen molar-refractivity contribution in [1.82, 2.24) is 9.47 Å². The molecule has 0 unspecified atom stereocenters. The Morgan fingerprint density at radius 2 is 1.77 bits per heavy atom. The van der Waals surface area contributed by atoms with Gasteiger partial charge in [0, 0.05) is 40.8 Å². The molecule has 0 spiro atoms. The molecule has 0 bridgehead atoms. The van der Waals surface area contributed by atoms with Gasteiger partial charge in [-0.1, -0.05) is 36.4 Å². The largest absolute Gasteiger partial charge is 0.341 e. The zero-order valence-corrected chi connectivity index (χ0v) is 15.3. The second-order valence-corrected chi connectivity index (χ2v) is 7.62. The van der Waals surface area contributed by atoms with Crippen LogP contribution in [0.25, 0.3) is 10.9 Å². The Kier molecular flexibility index (Phi) is 4.98. The van der Waals surface area contributed by atoms with E-state index in [-0.39, 0.29) is 11.7 Å². The first-order valence-electron chi connectivity index (χ1n) is 8.94. The van der Waals surface area contributed by atoms with E-state index in [4.69, 9.17) is 0 Å². The number of halogens is 1. The molecule has 2 aromatic carbocycles. The third kappa shape index (κ3) is 3.49. The standard InChI is InChI=1S/C21H21FN2OS/c22-18-9-3-1-7-16(18)15-26-20-13-24(19-10-4-2-8-17(19)20)14-21(25)23-11-5-6-12-23/h1-4,7-10,13H,5-6,11-12,14-15H2. The van der Waals surface area contributed by atoms with E-state index in [1.807, 2.05) is 46.0 Å². The molecule has 1 aliphatic heterocycles.